The molecule has 3 N–H and O–H groups in total. The van der Waals surface area contributed by atoms with Crippen molar-refractivity contribution in [3.05, 3.63) is 48.9 Å². The lowest BCUT2D eigenvalue weighted by Gasteiger charge is -2.07. The number of rotatable bonds is 5. The standard InChI is InChI=1S/C22H20N6O3/c1-12(29)26-15-9-18-22(25-10-15)20(17-5-4-16(31-3)11-24-17)21(28-18)14-6-7-23-19(8-14)27-13(2)30/h4-11,28H,1-3H3,(H,26,29)(H,23,27,30). The fraction of sp³-hybridized carbons (Fsp3) is 0.136. The van der Waals surface area contributed by atoms with E-state index >= 15 is 0 Å². The Morgan fingerprint density at radius 1 is 0.968 bits per heavy atom. The minimum absolute atomic E-state index is 0.181. The van der Waals surface area contributed by atoms with Crippen molar-refractivity contribution in [1.82, 2.24) is 19.9 Å². The number of ether oxygens (including phenoxy) is 1. The second-order valence-corrected chi connectivity index (χ2v) is 6.87. The van der Waals surface area contributed by atoms with E-state index in [0.29, 0.717) is 28.5 Å². The second-order valence-electron chi connectivity index (χ2n) is 6.87. The first-order valence-corrected chi connectivity index (χ1v) is 9.48. The number of H-pyrrole nitrogens is 1. The van der Waals surface area contributed by atoms with E-state index in [4.69, 9.17) is 4.74 Å². The molecular weight excluding hydrogens is 396 g/mol. The van der Waals surface area contributed by atoms with E-state index < -0.39 is 0 Å². The van der Waals surface area contributed by atoms with Crippen molar-refractivity contribution >= 4 is 34.4 Å². The van der Waals surface area contributed by atoms with Crippen LogP contribution in [0.5, 0.6) is 5.75 Å². The van der Waals surface area contributed by atoms with Crippen LogP contribution < -0.4 is 15.4 Å². The molecule has 0 spiro atoms. The van der Waals surface area contributed by atoms with E-state index in [-0.39, 0.29) is 11.8 Å². The molecule has 4 rings (SSSR count). The van der Waals surface area contributed by atoms with Crippen molar-refractivity contribution in [2.75, 3.05) is 17.7 Å². The maximum absolute atomic E-state index is 11.5. The van der Waals surface area contributed by atoms with Gasteiger partial charge in [0.1, 0.15) is 11.6 Å². The summed E-state index contributed by atoms with van der Waals surface area (Å²) in [6.07, 6.45) is 4.86. The summed E-state index contributed by atoms with van der Waals surface area (Å²) in [6, 6.07) is 9.10. The number of pyridine rings is 3. The number of amides is 2. The third-order valence-electron chi connectivity index (χ3n) is 4.54. The number of carbonyl (C=O) groups excluding carboxylic acids is 2. The quantitative estimate of drug-likeness (QED) is 0.457. The van der Waals surface area contributed by atoms with Gasteiger partial charge in [-0.15, -0.1) is 0 Å². The van der Waals surface area contributed by atoms with Crippen LogP contribution in [0.2, 0.25) is 0 Å². The van der Waals surface area contributed by atoms with Crippen LogP contribution in [-0.2, 0) is 9.59 Å². The van der Waals surface area contributed by atoms with E-state index in [1.165, 1.54) is 13.8 Å². The largest absolute Gasteiger partial charge is 0.495 e. The SMILES string of the molecule is COc1ccc(-c2c(-c3ccnc(NC(C)=O)c3)[nH]c3cc(NC(C)=O)cnc23)nc1. The smallest absolute Gasteiger partial charge is 0.222 e. The molecule has 0 unspecified atom stereocenters. The molecule has 0 bridgehead atoms. The third-order valence-corrected chi connectivity index (χ3v) is 4.54. The average Bonchev–Trinajstić information content (AvgIpc) is 3.12. The summed E-state index contributed by atoms with van der Waals surface area (Å²) < 4.78 is 5.22. The number of nitrogens with one attached hydrogen (secondary N) is 3. The monoisotopic (exact) mass is 416 g/mol. The molecule has 0 fully saturated rings. The number of hydrogen-bond acceptors (Lipinski definition) is 6. The number of fused-ring (bicyclic) bond motifs is 1. The molecule has 0 saturated carbocycles. The maximum atomic E-state index is 11.5. The van der Waals surface area contributed by atoms with E-state index in [1.54, 1.807) is 31.8 Å². The van der Waals surface area contributed by atoms with Gasteiger partial charge in [-0.25, -0.2) is 4.98 Å². The topological polar surface area (TPSA) is 122 Å². The zero-order chi connectivity index (χ0) is 22.0. The third kappa shape index (κ3) is 4.20. The van der Waals surface area contributed by atoms with Gasteiger partial charge in [0.2, 0.25) is 11.8 Å². The molecule has 156 valence electrons. The van der Waals surface area contributed by atoms with E-state index in [0.717, 1.165) is 22.3 Å². The summed E-state index contributed by atoms with van der Waals surface area (Å²) in [7, 11) is 1.58. The summed E-state index contributed by atoms with van der Waals surface area (Å²) in [5.74, 6) is 0.686. The Balaban J connectivity index is 1.91. The second kappa shape index (κ2) is 8.23. The van der Waals surface area contributed by atoms with E-state index in [2.05, 4.69) is 30.6 Å². The zero-order valence-electron chi connectivity index (χ0n) is 17.2. The Hall–Kier alpha value is -4.27. The highest BCUT2D eigenvalue weighted by Gasteiger charge is 2.19. The lowest BCUT2D eigenvalue weighted by atomic mass is 10.0. The van der Waals surface area contributed by atoms with Crippen LogP contribution in [0.1, 0.15) is 13.8 Å². The molecule has 0 saturated heterocycles. The molecule has 2 amide bonds. The van der Waals surface area contributed by atoms with Gasteiger partial charge in [-0.3, -0.25) is 19.6 Å². The molecule has 4 aromatic rings. The van der Waals surface area contributed by atoms with E-state index in [9.17, 15) is 9.59 Å². The van der Waals surface area contributed by atoms with Gasteiger partial charge in [0.25, 0.3) is 0 Å². The van der Waals surface area contributed by atoms with Crippen molar-refractivity contribution in [2.24, 2.45) is 0 Å². The predicted molar refractivity (Wildman–Crippen MR) is 118 cm³/mol. The maximum Gasteiger partial charge on any atom is 0.222 e. The molecule has 0 radical (unpaired) electrons. The first-order chi connectivity index (χ1) is 14.9. The molecule has 0 aliphatic heterocycles. The van der Waals surface area contributed by atoms with Gasteiger partial charge in [-0.1, -0.05) is 0 Å². The average molecular weight is 416 g/mol. The number of methoxy groups -OCH3 is 1. The summed E-state index contributed by atoms with van der Waals surface area (Å²) in [5, 5.41) is 5.43. The molecule has 0 aromatic carbocycles. The van der Waals surface area contributed by atoms with Crippen LogP contribution in [0.15, 0.2) is 48.9 Å². The Morgan fingerprint density at radius 3 is 2.45 bits per heavy atom. The van der Waals surface area contributed by atoms with E-state index in [1.807, 2.05) is 24.3 Å². The first-order valence-electron chi connectivity index (χ1n) is 9.48. The molecule has 0 aliphatic carbocycles. The van der Waals surface area contributed by atoms with Crippen LogP contribution >= 0.6 is 0 Å². The number of carbonyl (C=O) groups is 2. The Morgan fingerprint density at radius 2 is 1.77 bits per heavy atom. The summed E-state index contributed by atoms with van der Waals surface area (Å²) in [4.78, 5) is 39.6. The van der Waals surface area contributed by atoms with Crippen molar-refractivity contribution in [2.45, 2.75) is 13.8 Å². The zero-order valence-corrected chi connectivity index (χ0v) is 17.2. The molecule has 0 atom stereocenters. The van der Waals surface area contributed by atoms with Crippen LogP contribution in [0, 0.1) is 0 Å². The van der Waals surface area contributed by atoms with Crippen molar-refractivity contribution in [3.8, 4) is 28.3 Å². The molecule has 9 heteroatoms. The number of aromatic nitrogens is 4. The highest BCUT2D eigenvalue weighted by Crippen LogP contribution is 2.38. The normalized spacial score (nSPS) is 10.7. The van der Waals surface area contributed by atoms with Gasteiger partial charge in [-0.2, -0.15) is 0 Å². The van der Waals surface area contributed by atoms with Crippen molar-refractivity contribution in [1.29, 1.82) is 0 Å². The Labute approximate surface area is 177 Å². The summed E-state index contributed by atoms with van der Waals surface area (Å²) in [6.45, 7) is 2.87. The highest BCUT2D eigenvalue weighted by molar-refractivity contribution is 6.02. The number of nitrogens with zero attached hydrogens (tertiary/aromatic N) is 3. The van der Waals surface area contributed by atoms with Crippen molar-refractivity contribution < 1.29 is 14.3 Å². The van der Waals surface area contributed by atoms with Crippen LogP contribution in [-0.4, -0.2) is 38.9 Å². The van der Waals surface area contributed by atoms with Crippen LogP contribution in [0.4, 0.5) is 11.5 Å². The lowest BCUT2D eigenvalue weighted by molar-refractivity contribution is -0.115. The summed E-state index contributed by atoms with van der Waals surface area (Å²) in [5.41, 5.74) is 5.04. The molecule has 4 heterocycles. The van der Waals surface area contributed by atoms with Crippen LogP contribution in [0.3, 0.4) is 0 Å². The Kier molecular flexibility index (Phi) is 5.31. The number of anilines is 2. The van der Waals surface area contributed by atoms with Gasteiger partial charge < -0.3 is 20.4 Å². The minimum Gasteiger partial charge on any atom is -0.495 e. The number of hydrogen-bond donors (Lipinski definition) is 3. The molecule has 0 aliphatic rings. The van der Waals surface area contributed by atoms with Gasteiger partial charge in [-0.05, 0) is 30.3 Å². The van der Waals surface area contributed by atoms with Crippen LogP contribution in [0.25, 0.3) is 33.5 Å². The molecule has 31 heavy (non-hydrogen) atoms. The van der Waals surface area contributed by atoms with Gasteiger partial charge in [0, 0.05) is 25.6 Å². The van der Waals surface area contributed by atoms with Gasteiger partial charge in [0.05, 0.1) is 53.2 Å². The lowest BCUT2D eigenvalue weighted by Crippen LogP contribution is -2.07. The fourth-order valence-corrected chi connectivity index (χ4v) is 3.30. The highest BCUT2D eigenvalue weighted by atomic mass is 16.5. The molecule has 9 nitrogen and oxygen atoms in total. The van der Waals surface area contributed by atoms with Crippen molar-refractivity contribution in [3.63, 3.8) is 0 Å². The Bertz CT molecular complexity index is 1280. The van der Waals surface area contributed by atoms with Gasteiger partial charge >= 0.3 is 0 Å². The first kappa shape index (κ1) is 20.0. The summed E-state index contributed by atoms with van der Waals surface area (Å²) >= 11 is 0. The molecule has 4 aromatic heterocycles. The van der Waals surface area contributed by atoms with Gasteiger partial charge in [0.15, 0.2) is 0 Å². The number of aromatic amines is 1. The predicted octanol–water partition coefficient (Wildman–Crippen LogP) is 3.61. The fourth-order valence-electron chi connectivity index (χ4n) is 3.30. The minimum atomic E-state index is -0.208. The molecular formula is C22H20N6O3.